The molecule has 0 aliphatic carbocycles. The number of pyridine rings is 2. The highest BCUT2D eigenvalue weighted by atomic mass is 35.5. The Balaban J connectivity index is 2.08. The number of nitrogens with one attached hydrogen (secondary N) is 1. The summed E-state index contributed by atoms with van der Waals surface area (Å²) in [5.74, 6) is -0.187. The van der Waals surface area contributed by atoms with Crippen molar-refractivity contribution in [3.8, 4) is 22.4 Å². The van der Waals surface area contributed by atoms with E-state index in [1.807, 2.05) is 18.2 Å². The van der Waals surface area contributed by atoms with Gasteiger partial charge in [-0.3, -0.25) is 4.98 Å². The van der Waals surface area contributed by atoms with Crippen molar-refractivity contribution >= 4 is 28.5 Å². The summed E-state index contributed by atoms with van der Waals surface area (Å²) in [5, 5.41) is 0.0360. The Labute approximate surface area is 147 Å². The molecular formula is C19H10ClFN4. The Bertz CT molecular complexity index is 1130. The number of nitrogens with zero attached hydrogens (tertiary/aromatic N) is 3. The van der Waals surface area contributed by atoms with Crippen LogP contribution in [0, 0.1) is 12.4 Å². The fourth-order valence-corrected chi connectivity index (χ4v) is 2.97. The quantitative estimate of drug-likeness (QED) is 0.477. The van der Waals surface area contributed by atoms with Crippen LogP contribution in [0.3, 0.4) is 0 Å². The van der Waals surface area contributed by atoms with Crippen LogP contribution in [-0.4, -0.2) is 15.0 Å². The highest BCUT2D eigenvalue weighted by Gasteiger charge is 2.20. The van der Waals surface area contributed by atoms with E-state index in [1.54, 1.807) is 30.6 Å². The van der Waals surface area contributed by atoms with E-state index in [9.17, 15) is 4.39 Å². The van der Waals surface area contributed by atoms with E-state index in [0.717, 1.165) is 27.9 Å². The zero-order valence-electron chi connectivity index (χ0n) is 12.8. The van der Waals surface area contributed by atoms with Gasteiger partial charge < -0.3 is 9.83 Å². The number of fused-ring (bicyclic) bond motifs is 1. The van der Waals surface area contributed by atoms with Gasteiger partial charge in [-0.1, -0.05) is 24.2 Å². The van der Waals surface area contributed by atoms with E-state index in [1.165, 1.54) is 6.07 Å². The van der Waals surface area contributed by atoms with Gasteiger partial charge in [-0.2, -0.15) is 0 Å². The van der Waals surface area contributed by atoms with Crippen LogP contribution in [0.1, 0.15) is 0 Å². The lowest BCUT2D eigenvalue weighted by Crippen LogP contribution is -1.86. The van der Waals surface area contributed by atoms with Gasteiger partial charge in [0.15, 0.2) is 5.52 Å². The molecule has 25 heavy (non-hydrogen) atoms. The summed E-state index contributed by atoms with van der Waals surface area (Å²) in [6.45, 7) is 7.20. The third-order valence-electron chi connectivity index (χ3n) is 3.92. The zero-order valence-corrected chi connectivity index (χ0v) is 13.5. The molecule has 0 aliphatic heterocycles. The number of halogens is 2. The van der Waals surface area contributed by atoms with Crippen LogP contribution < -0.4 is 0 Å². The van der Waals surface area contributed by atoms with Crippen LogP contribution in [0.5, 0.6) is 0 Å². The minimum atomic E-state index is -0.481. The molecule has 3 heterocycles. The molecule has 0 atom stereocenters. The molecule has 6 heteroatoms. The molecule has 0 radical (unpaired) electrons. The molecule has 0 aliphatic rings. The van der Waals surface area contributed by atoms with Crippen molar-refractivity contribution in [3.05, 3.63) is 77.1 Å². The SMILES string of the molecule is [C-]#[N+]c1ccc2[nH]c(-c3ccncc3)c(-c3ccc(F)c(Cl)c3)c2n1. The Kier molecular flexibility index (Phi) is 3.68. The molecule has 0 saturated carbocycles. The number of benzene rings is 1. The standard InChI is InChI=1S/C19H10ClFN4/c1-22-16-5-4-15-19(25-16)17(12-2-3-14(21)13(20)10-12)18(24-15)11-6-8-23-9-7-11/h2-10,24H. The second-order valence-electron chi connectivity index (χ2n) is 5.42. The first kappa shape index (κ1) is 15.3. The van der Waals surface area contributed by atoms with E-state index < -0.39 is 5.82 Å². The third-order valence-corrected chi connectivity index (χ3v) is 4.21. The van der Waals surface area contributed by atoms with Crippen molar-refractivity contribution in [2.45, 2.75) is 0 Å². The van der Waals surface area contributed by atoms with E-state index in [0.29, 0.717) is 11.3 Å². The average molecular weight is 349 g/mol. The molecule has 0 bridgehead atoms. The minimum Gasteiger partial charge on any atom is -0.361 e. The monoisotopic (exact) mass is 348 g/mol. The molecule has 3 aromatic heterocycles. The first-order valence-corrected chi connectivity index (χ1v) is 7.81. The smallest absolute Gasteiger partial charge is 0.270 e. The summed E-state index contributed by atoms with van der Waals surface area (Å²) in [4.78, 5) is 15.2. The molecule has 120 valence electrons. The zero-order chi connectivity index (χ0) is 17.4. The largest absolute Gasteiger partial charge is 0.361 e. The van der Waals surface area contributed by atoms with Crippen molar-refractivity contribution in [3.63, 3.8) is 0 Å². The molecule has 0 unspecified atom stereocenters. The van der Waals surface area contributed by atoms with E-state index in [2.05, 4.69) is 19.8 Å². The van der Waals surface area contributed by atoms with Gasteiger partial charge in [0.25, 0.3) is 5.82 Å². The Hall–Kier alpha value is -3.23. The number of hydrogen-bond acceptors (Lipinski definition) is 2. The van der Waals surface area contributed by atoms with Crippen LogP contribution in [0.15, 0.2) is 54.9 Å². The number of hydrogen-bond donors (Lipinski definition) is 1. The van der Waals surface area contributed by atoms with Crippen LogP contribution in [0.2, 0.25) is 5.02 Å². The van der Waals surface area contributed by atoms with Gasteiger partial charge in [0.2, 0.25) is 0 Å². The predicted molar refractivity (Wildman–Crippen MR) is 96.0 cm³/mol. The van der Waals surface area contributed by atoms with Crippen LogP contribution in [0.25, 0.3) is 38.3 Å². The summed E-state index contributed by atoms with van der Waals surface area (Å²) < 4.78 is 13.6. The molecule has 0 fully saturated rings. The van der Waals surface area contributed by atoms with Gasteiger partial charge in [-0.25, -0.2) is 4.39 Å². The molecule has 0 saturated heterocycles. The molecule has 4 nitrogen and oxygen atoms in total. The van der Waals surface area contributed by atoms with E-state index in [-0.39, 0.29) is 5.02 Å². The topological polar surface area (TPSA) is 45.9 Å². The van der Waals surface area contributed by atoms with Crippen LogP contribution in [0.4, 0.5) is 10.2 Å². The van der Waals surface area contributed by atoms with Gasteiger partial charge >= 0.3 is 0 Å². The fraction of sp³-hybridized carbons (Fsp3) is 0. The van der Waals surface area contributed by atoms with Crippen molar-refractivity contribution < 1.29 is 4.39 Å². The predicted octanol–water partition coefficient (Wildman–Crippen LogP) is 5.64. The lowest BCUT2D eigenvalue weighted by Gasteiger charge is -2.05. The molecule has 4 rings (SSSR count). The van der Waals surface area contributed by atoms with Gasteiger partial charge in [0.05, 0.1) is 21.8 Å². The Morgan fingerprint density at radius 1 is 1.04 bits per heavy atom. The Morgan fingerprint density at radius 2 is 1.84 bits per heavy atom. The maximum Gasteiger partial charge on any atom is 0.270 e. The number of aromatic amines is 1. The molecular weight excluding hydrogens is 339 g/mol. The summed E-state index contributed by atoms with van der Waals surface area (Å²) in [6, 6.07) is 11.8. The van der Waals surface area contributed by atoms with Gasteiger partial charge in [-0.15, -0.1) is 4.98 Å². The fourth-order valence-electron chi connectivity index (χ4n) is 2.79. The Morgan fingerprint density at radius 3 is 2.56 bits per heavy atom. The number of aromatic nitrogens is 3. The van der Waals surface area contributed by atoms with E-state index >= 15 is 0 Å². The van der Waals surface area contributed by atoms with Crippen LogP contribution in [-0.2, 0) is 0 Å². The van der Waals surface area contributed by atoms with Gasteiger partial charge in [0.1, 0.15) is 5.82 Å². The maximum atomic E-state index is 13.6. The first-order chi connectivity index (χ1) is 12.2. The number of rotatable bonds is 2. The lowest BCUT2D eigenvalue weighted by molar-refractivity contribution is 0.628. The maximum absolute atomic E-state index is 13.6. The molecule has 1 aromatic carbocycles. The molecule has 4 aromatic rings. The minimum absolute atomic E-state index is 0.0360. The van der Waals surface area contributed by atoms with Crippen molar-refractivity contribution in [2.24, 2.45) is 0 Å². The molecule has 1 N–H and O–H groups in total. The lowest BCUT2D eigenvalue weighted by atomic mass is 10.0. The van der Waals surface area contributed by atoms with Crippen molar-refractivity contribution in [1.29, 1.82) is 0 Å². The molecule has 0 spiro atoms. The van der Waals surface area contributed by atoms with E-state index in [4.69, 9.17) is 18.2 Å². The summed E-state index contributed by atoms with van der Waals surface area (Å²) in [6.07, 6.45) is 3.39. The highest BCUT2D eigenvalue weighted by molar-refractivity contribution is 6.31. The highest BCUT2D eigenvalue weighted by Crippen LogP contribution is 2.39. The molecule has 0 amide bonds. The average Bonchev–Trinajstić information content (AvgIpc) is 3.03. The third kappa shape index (κ3) is 2.63. The second-order valence-corrected chi connectivity index (χ2v) is 5.82. The van der Waals surface area contributed by atoms with Crippen molar-refractivity contribution in [2.75, 3.05) is 0 Å². The summed E-state index contributed by atoms with van der Waals surface area (Å²) >= 11 is 5.97. The first-order valence-electron chi connectivity index (χ1n) is 7.43. The van der Waals surface area contributed by atoms with Gasteiger partial charge in [0, 0.05) is 18.0 Å². The van der Waals surface area contributed by atoms with Crippen LogP contribution >= 0.6 is 11.6 Å². The summed E-state index contributed by atoms with van der Waals surface area (Å²) in [7, 11) is 0. The summed E-state index contributed by atoms with van der Waals surface area (Å²) in [5.41, 5.74) is 4.65. The van der Waals surface area contributed by atoms with Crippen molar-refractivity contribution in [1.82, 2.24) is 15.0 Å². The van der Waals surface area contributed by atoms with Gasteiger partial charge in [-0.05, 0) is 42.0 Å². The second kappa shape index (κ2) is 6.00. The normalized spacial score (nSPS) is 10.8. The number of H-pyrrole nitrogens is 1.